The van der Waals surface area contributed by atoms with E-state index in [1.165, 1.54) is 0 Å². The van der Waals surface area contributed by atoms with Gasteiger partial charge in [0.15, 0.2) is 0 Å². The number of rotatable bonds is 3. The zero-order valence-corrected chi connectivity index (χ0v) is 9.18. The van der Waals surface area contributed by atoms with Crippen LogP contribution in [0.25, 0.3) is 11.3 Å². The van der Waals surface area contributed by atoms with Crippen molar-refractivity contribution < 1.29 is 4.74 Å². The highest BCUT2D eigenvalue weighted by atomic mass is 16.5. The number of nitrogens with two attached hydrogens (primary N) is 1. The topological polar surface area (TPSA) is 48.1 Å². The first kappa shape index (κ1) is 10.6. The maximum absolute atomic E-state index is 5.57. The lowest BCUT2D eigenvalue weighted by Gasteiger charge is -2.08. The van der Waals surface area contributed by atoms with Crippen molar-refractivity contribution in [2.24, 2.45) is 5.73 Å². The second kappa shape index (κ2) is 4.77. The number of hydrogen-bond acceptors (Lipinski definition) is 3. The summed E-state index contributed by atoms with van der Waals surface area (Å²) in [6, 6.07) is 13.6. The van der Waals surface area contributed by atoms with Gasteiger partial charge in [-0.05, 0) is 24.3 Å². The molecule has 0 bridgehead atoms. The zero-order chi connectivity index (χ0) is 11.4. The van der Waals surface area contributed by atoms with Crippen LogP contribution in [0, 0.1) is 0 Å². The molecule has 0 aliphatic rings. The molecule has 0 saturated heterocycles. The Kier molecular flexibility index (Phi) is 3.17. The molecule has 2 rings (SSSR count). The average Bonchev–Trinajstić information content (AvgIpc) is 2.38. The molecule has 0 aliphatic heterocycles. The summed E-state index contributed by atoms with van der Waals surface area (Å²) in [4.78, 5) is 4.47. The molecule has 16 heavy (non-hydrogen) atoms. The quantitative estimate of drug-likeness (QED) is 0.852. The van der Waals surface area contributed by atoms with Crippen molar-refractivity contribution in [1.29, 1.82) is 0 Å². The van der Waals surface area contributed by atoms with E-state index in [0.29, 0.717) is 6.54 Å². The number of hydrogen-bond donors (Lipinski definition) is 1. The highest BCUT2D eigenvalue weighted by Gasteiger charge is 2.05. The first-order chi connectivity index (χ1) is 7.85. The Bertz CT molecular complexity index is 483. The van der Waals surface area contributed by atoms with Crippen molar-refractivity contribution in [3.05, 3.63) is 48.2 Å². The van der Waals surface area contributed by atoms with Crippen LogP contribution >= 0.6 is 0 Å². The lowest BCUT2D eigenvalue weighted by molar-refractivity contribution is 0.416. The second-order valence-electron chi connectivity index (χ2n) is 3.42. The van der Waals surface area contributed by atoms with Gasteiger partial charge in [-0.15, -0.1) is 0 Å². The van der Waals surface area contributed by atoms with Crippen molar-refractivity contribution >= 4 is 0 Å². The normalized spacial score (nSPS) is 10.1. The summed E-state index contributed by atoms with van der Waals surface area (Å²) in [6.45, 7) is 0.447. The minimum Gasteiger partial charge on any atom is -0.496 e. The molecular weight excluding hydrogens is 200 g/mol. The number of nitrogens with zero attached hydrogens (tertiary/aromatic N) is 1. The number of para-hydroxylation sites is 1. The minimum absolute atomic E-state index is 0.447. The van der Waals surface area contributed by atoms with Crippen molar-refractivity contribution in [3.8, 4) is 17.0 Å². The smallest absolute Gasteiger partial charge is 0.128 e. The Morgan fingerprint density at radius 3 is 2.69 bits per heavy atom. The second-order valence-corrected chi connectivity index (χ2v) is 3.42. The van der Waals surface area contributed by atoms with Crippen molar-refractivity contribution in [3.63, 3.8) is 0 Å². The predicted octanol–water partition coefficient (Wildman–Crippen LogP) is 2.22. The van der Waals surface area contributed by atoms with Crippen LogP contribution < -0.4 is 10.5 Å². The van der Waals surface area contributed by atoms with E-state index in [1.54, 1.807) is 7.11 Å². The van der Waals surface area contributed by atoms with Gasteiger partial charge in [0, 0.05) is 12.1 Å². The van der Waals surface area contributed by atoms with Gasteiger partial charge in [0.2, 0.25) is 0 Å². The average molecular weight is 214 g/mol. The number of methoxy groups -OCH3 is 1. The Balaban J connectivity index is 2.49. The van der Waals surface area contributed by atoms with Gasteiger partial charge in [-0.2, -0.15) is 0 Å². The molecule has 0 unspecified atom stereocenters. The predicted molar refractivity (Wildman–Crippen MR) is 64.1 cm³/mol. The number of ether oxygens (including phenoxy) is 1. The van der Waals surface area contributed by atoms with Gasteiger partial charge >= 0.3 is 0 Å². The molecule has 2 aromatic rings. The molecule has 1 heterocycles. The standard InChI is InChI=1S/C13H14N2O/c1-16-13-8-3-2-6-11(13)12-7-4-5-10(9-14)15-12/h2-8H,9,14H2,1H3. The third-order valence-electron chi connectivity index (χ3n) is 2.40. The number of pyridine rings is 1. The zero-order valence-electron chi connectivity index (χ0n) is 9.18. The monoisotopic (exact) mass is 214 g/mol. The van der Waals surface area contributed by atoms with E-state index in [2.05, 4.69) is 4.98 Å². The molecule has 3 nitrogen and oxygen atoms in total. The fraction of sp³-hybridized carbons (Fsp3) is 0.154. The van der Waals surface area contributed by atoms with Crippen molar-refractivity contribution in [2.75, 3.05) is 7.11 Å². The van der Waals surface area contributed by atoms with Gasteiger partial charge in [-0.1, -0.05) is 18.2 Å². The SMILES string of the molecule is COc1ccccc1-c1cccc(CN)n1. The van der Waals surface area contributed by atoms with Gasteiger partial charge in [0.25, 0.3) is 0 Å². The largest absolute Gasteiger partial charge is 0.496 e. The Hall–Kier alpha value is -1.87. The van der Waals surface area contributed by atoms with Gasteiger partial charge in [-0.3, -0.25) is 4.98 Å². The van der Waals surface area contributed by atoms with Crippen LogP contribution in [-0.4, -0.2) is 12.1 Å². The van der Waals surface area contributed by atoms with Crippen molar-refractivity contribution in [1.82, 2.24) is 4.98 Å². The van der Waals surface area contributed by atoms with Crippen LogP contribution in [0.1, 0.15) is 5.69 Å². The fourth-order valence-corrected chi connectivity index (χ4v) is 1.60. The maximum atomic E-state index is 5.57. The molecule has 0 spiro atoms. The first-order valence-corrected chi connectivity index (χ1v) is 5.14. The summed E-state index contributed by atoms with van der Waals surface area (Å²) in [5.41, 5.74) is 8.33. The van der Waals surface area contributed by atoms with Crippen LogP contribution in [0.15, 0.2) is 42.5 Å². The lowest BCUT2D eigenvalue weighted by Crippen LogP contribution is -2.00. The fourth-order valence-electron chi connectivity index (χ4n) is 1.60. The van der Waals surface area contributed by atoms with Crippen LogP contribution in [0.5, 0.6) is 5.75 Å². The molecule has 0 saturated carbocycles. The summed E-state index contributed by atoms with van der Waals surface area (Å²) < 4.78 is 5.30. The molecular formula is C13H14N2O. The van der Waals surface area contributed by atoms with Crippen LogP contribution in [0.2, 0.25) is 0 Å². The van der Waals surface area contributed by atoms with Crippen LogP contribution in [-0.2, 0) is 6.54 Å². The van der Waals surface area contributed by atoms with Gasteiger partial charge in [0.1, 0.15) is 5.75 Å². The van der Waals surface area contributed by atoms with E-state index < -0.39 is 0 Å². The summed E-state index contributed by atoms with van der Waals surface area (Å²) in [7, 11) is 1.66. The molecule has 0 aliphatic carbocycles. The van der Waals surface area contributed by atoms with E-state index in [4.69, 9.17) is 10.5 Å². The van der Waals surface area contributed by atoms with Crippen LogP contribution in [0.4, 0.5) is 0 Å². The van der Waals surface area contributed by atoms with Gasteiger partial charge in [0.05, 0.1) is 18.5 Å². The third kappa shape index (κ3) is 2.04. The first-order valence-electron chi connectivity index (χ1n) is 5.14. The number of benzene rings is 1. The molecule has 82 valence electrons. The Labute approximate surface area is 94.9 Å². The highest BCUT2D eigenvalue weighted by Crippen LogP contribution is 2.27. The highest BCUT2D eigenvalue weighted by molar-refractivity contribution is 5.67. The minimum atomic E-state index is 0.447. The molecule has 0 amide bonds. The summed E-state index contributed by atoms with van der Waals surface area (Å²) in [5.74, 6) is 0.823. The summed E-state index contributed by atoms with van der Waals surface area (Å²) in [5, 5.41) is 0. The molecule has 1 aromatic heterocycles. The van der Waals surface area contributed by atoms with Gasteiger partial charge < -0.3 is 10.5 Å². The molecule has 3 heteroatoms. The summed E-state index contributed by atoms with van der Waals surface area (Å²) >= 11 is 0. The molecule has 0 fully saturated rings. The molecule has 0 radical (unpaired) electrons. The lowest BCUT2D eigenvalue weighted by atomic mass is 10.1. The molecule has 2 N–H and O–H groups in total. The van der Waals surface area contributed by atoms with E-state index in [1.807, 2.05) is 42.5 Å². The third-order valence-corrected chi connectivity index (χ3v) is 2.40. The number of aromatic nitrogens is 1. The van der Waals surface area contributed by atoms with Crippen molar-refractivity contribution in [2.45, 2.75) is 6.54 Å². The van der Waals surface area contributed by atoms with E-state index in [0.717, 1.165) is 22.7 Å². The van der Waals surface area contributed by atoms with E-state index >= 15 is 0 Å². The van der Waals surface area contributed by atoms with E-state index in [9.17, 15) is 0 Å². The molecule has 0 atom stereocenters. The Morgan fingerprint density at radius 2 is 1.94 bits per heavy atom. The maximum Gasteiger partial charge on any atom is 0.128 e. The Morgan fingerprint density at radius 1 is 1.12 bits per heavy atom. The van der Waals surface area contributed by atoms with Crippen LogP contribution in [0.3, 0.4) is 0 Å². The van der Waals surface area contributed by atoms with Gasteiger partial charge in [-0.25, -0.2) is 0 Å². The molecule has 1 aromatic carbocycles. The van der Waals surface area contributed by atoms with E-state index in [-0.39, 0.29) is 0 Å². The summed E-state index contributed by atoms with van der Waals surface area (Å²) in [6.07, 6.45) is 0.